The number of hydrogen-bond acceptors (Lipinski definition) is 3. The van der Waals surface area contributed by atoms with Crippen molar-refractivity contribution in [3.63, 3.8) is 0 Å². The normalized spacial score (nSPS) is 19.2. The Labute approximate surface area is 109 Å². The van der Waals surface area contributed by atoms with Crippen LogP contribution in [0.4, 0.5) is 18.9 Å². The standard InChI is InChI=1S/C13H13F3N2O/c14-13(15,16)11-1-2-12(10(5-11)6-17)18-7-9-3-4-19-8-9/h1-2,5,9,18H,3-4,7-8H2. The third-order valence-electron chi connectivity index (χ3n) is 3.07. The molecule has 19 heavy (non-hydrogen) atoms. The highest BCUT2D eigenvalue weighted by atomic mass is 19.4. The van der Waals surface area contributed by atoms with Gasteiger partial charge in [0.15, 0.2) is 0 Å². The number of ether oxygens (including phenoxy) is 1. The molecule has 0 amide bonds. The fourth-order valence-electron chi connectivity index (χ4n) is 1.97. The Balaban J connectivity index is 2.10. The van der Waals surface area contributed by atoms with Crippen LogP contribution >= 0.6 is 0 Å². The lowest BCUT2D eigenvalue weighted by Gasteiger charge is -2.13. The molecule has 1 fully saturated rings. The van der Waals surface area contributed by atoms with E-state index >= 15 is 0 Å². The van der Waals surface area contributed by atoms with E-state index in [4.69, 9.17) is 10.00 Å². The number of nitriles is 1. The molecule has 0 aromatic heterocycles. The Kier molecular flexibility index (Phi) is 3.96. The van der Waals surface area contributed by atoms with Crippen molar-refractivity contribution in [3.8, 4) is 6.07 Å². The molecule has 1 N–H and O–H groups in total. The summed E-state index contributed by atoms with van der Waals surface area (Å²) in [6, 6.07) is 4.94. The van der Waals surface area contributed by atoms with Crippen LogP contribution in [-0.4, -0.2) is 19.8 Å². The summed E-state index contributed by atoms with van der Waals surface area (Å²) in [7, 11) is 0. The van der Waals surface area contributed by atoms with Gasteiger partial charge in [-0.25, -0.2) is 0 Å². The number of rotatable bonds is 3. The summed E-state index contributed by atoms with van der Waals surface area (Å²) >= 11 is 0. The molecule has 0 radical (unpaired) electrons. The summed E-state index contributed by atoms with van der Waals surface area (Å²) < 4.78 is 42.8. The number of nitrogens with one attached hydrogen (secondary N) is 1. The number of alkyl halides is 3. The van der Waals surface area contributed by atoms with Crippen LogP contribution in [0.15, 0.2) is 18.2 Å². The first-order valence-electron chi connectivity index (χ1n) is 5.93. The lowest BCUT2D eigenvalue weighted by Crippen LogP contribution is -2.15. The molecule has 2 rings (SSSR count). The predicted molar refractivity (Wildman–Crippen MR) is 63.6 cm³/mol. The molecule has 1 aliphatic heterocycles. The van der Waals surface area contributed by atoms with Crippen LogP contribution in [0.3, 0.4) is 0 Å². The van der Waals surface area contributed by atoms with E-state index in [1.807, 2.05) is 0 Å². The third kappa shape index (κ3) is 3.38. The van der Waals surface area contributed by atoms with Gasteiger partial charge in [-0.1, -0.05) is 0 Å². The number of benzene rings is 1. The van der Waals surface area contributed by atoms with E-state index in [1.54, 1.807) is 6.07 Å². The molecule has 0 saturated carbocycles. The van der Waals surface area contributed by atoms with Gasteiger partial charge in [-0.15, -0.1) is 0 Å². The number of halogens is 3. The molecule has 1 unspecified atom stereocenters. The van der Waals surface area contributed by atoms with E-state index in [9.17, 15) is 13.2 Å². The van der Waals surface area contributed by atoms with E-state index in [1.165, 1.54) is 6.07 Å². The largest absolute Gasteiger partial charge is 0.416 e. The molecule has 6 heteroatoms. The zero-order chi connectivity index (χ0) is 13.9. The van der Waals surface area contributed by atoms with Crippen LogP contribution in [0.1, 0.15) is 17.5 Å². The van der Waals surface area contributed by atoms with Crippen LogP contribution in [-0.2, 0) is 10.9 Å². The van der Waals surface area contributed by atoms with E-state index in [0.29, 0.717) is 31.4 Å². The molecule has 0 bridgehead atoms. The zero-order valence-electron chi connectivity index (χ0n) is 10.1. The second-order valence-corrected chi connectivity index (χ2v) is 4.48. The van der Waals surface area contributed by atoms with Crippen molar-refractivity contribution >= 4 is 5.69 Å². The first-order chi connectivity index (χ1) is 9.00. The van der Waals surface area contributed by atoms with Crippen molar-refractivity contribution in [2.24, 2.45) is 5.92 Å². The lowest BCUT2D eigenvalue weighted by atomic mass is 10.1. The first kappa shape index (κ1) is 13.7. The highest BCUT2D eigenvalue weighted by Crippen LogP contribution is 2.31. The molecule has 3 nitrogen and oxygen atoms in total. The molecular formula is C13H13F3N2O. The molecule has 1 saturated heterocycles. The highest BCUT2D eigenvalue weighted by molar-refractivity contribution is 5.59. The van der Waals surface area contributed by atoms with E-state index < -0.39 is 11.7 Å². The molecule has 102 valence electrons. The van der Waals surface area contributed by atoms with Crippen molar-refractivity contribution in [3.05, 3.63) is 29.3 Å². The Morgan fingerprint density at radius 2 is 2.21 bits per heavy atom. The SMILES string of the molecule is N#Cc1cc(C(F)(F)F)ccc1NCC1CCOC1. The van der Waals surface area contributed by atoms with Gasteiger partial charge in [-0.05, 0) is 24.6 Å². The number of anilines is 1. The summed E-state index contributed by atoms with van der Waals surface area (Å²) in [5, 5.41) is 11.9. The highest BCUT2D eigenvalue weighted by Gasteiger charge is 2.31. The van der Waals surface area contributed by atoms with E-state index in [2.05, 4.69) is 5.32 Å². The van der Waals surface area contributed by atoms with Gasteiger partial charge in [0, 0.05) is 19.1 Å². The molecule has 1 atom stereocenters. The summed E-state index contributed by atoms with van der Waals surface area (Å²) in [6.45, 7) is 1.96. The Morgan fingerprint density at radius 1 is 1.42 bits per heavy atom. The zero-order valence-corrected chi connectivity index (χ0v) is 10.1. The van der Waals surface area contributed by atoms with Crippen molar-refractivity contribution in [2.45, 2.75) is 12.6 Å². The molecule has 1 aliphatic rings. The van der Waals surface area contributed by atoms with Crippen molar-refractivity contribution in [1.29, 1.82) is 5.26 Å². The van der Waals surface area contributed by atoms with Crippen LogP contribution in [0.25, 0.3) is 0 Å². The molecule has 1 heterocycles. The fraction of sp³-hybridized carbons (Fsp3) is 0.462. The smallest absolute Gasteiger partial charge is 0.384 e. The van der Waals surface area contributed by atoms with Gasteiger partial charge in [0.25, 0.3) is 0 Å². The first-order valence-corrected chi connectivity index (χ1v) is 5.93. The minimum Gasteiger partial charge on any atom is -0.384 e. The Hall–Kier alpha value is -1.74. The summed E-state index contributed by atoms with van der Waals surface area (Å²) in [5.74, 6) is 0.342. The molecule has 1 aromatic carbocycles. The Morgan fingerprint density at radius 3 is 2.79 bits per heavy atom. The average Bonchev–Trinajstić information content (AvgIpc) is 2.88. The Bertz CT molecular complexity index is 488. The quantitative estimate of drug-likeness (QED) is 0.918. The maximum atomic E-state index is 12.5. The van der Waals surface area contributed by atoms with Gasteiger partial charge in [0.05, 0.1) is 23.4 Å². The molecule has 0 aliphatic carbocycles. The summed E-state index contributed by atoms with van der Waals surface area (Å²) in [5.41, 5.74) is -0.366. The van der Waals surface area contributed by atoms with Gasteiger partial charge in [0.2, 0.25) is 0 Å². The monoisotopic (exact) mass is 270 g/mol. The van der Waals surface area contributed by atoms with Crippen LogP contribution in [0.5, 0.6) is 0 Å². The second kappa shape index (κ2) is 5.49. The third-order valence-corrected chi connectivity index (χ3v) is 3.07. The fourth-order valence-corrected chi connectivity index (χ4v) is 1.97. The minimum absolute atomic E-state index is 0.00809. The topological polar surface area (TPSA) is 45.0 Å². The molecule has 1 aromatic rings. The van der Waals surface area contributed by atoms with Crippen LogP contribution in [0.2, 0.25) is 0 Å². The molecule has 0 spiro atoms. The van der Waals surface area contributed by atoms with Crippen LogP contribution < -0.4 is 5.32 Å². The van der Waals surface area contributed by atoms with Gasteiger partial charge in [-0.3, -0.25) is 0 Å². The minimum atomic E-state index is -4.43. The van der Waals surface area contributed by atoms with E-state index in [-0.39, 0.29) is 5.56 Å². The maximum absolute atomic E-state index is 12.5. The van der Waals surface area contributed by atoms with Crippen LogP contribution in [0, 0.1) is 17.2 Å². The van der Waals surface area contributed by atoms with Crippen molar-refractivity contribution in [2.75, 3.05) is 25.1 Å². The summed E-state index contributed by atoms with van der Waals surface area (Å²) in [6.07, 6.45) is -3.50. The number of nitrogens with zero attached hydrogens (tertiary/aromatic N) is 1. The average molecular weight is 270 g/mol. The predicted octanol–water partition coefficient (Wildman–Crippen LogP) is 3.03. The van der Waals surface area contributed by atoms with Gasteiger partial charge in [-0.2, -0.15) is 18.4 Å². The van der Waals surface area contributed by atoms with Gasteiger partial charge in [0.1, 0.15) is 6.07 Å². The van der Waals surface area contributed by atoms with Gasteiger partial charge < -0.3 is 10.1 Å². The van der Waals surface area contributed by atoms with Gasteiger partial charge >= 0.3 is 6.18 Å². The molecular weight excluding hydrogens is 257 g/mol. The maximum Gasteiger partial charge on any atom is 0.416 e. The van der Waals surface area contributed by atoms with E-state index in [0.717, 1.165) is 18.6 Å². The second-order valence-electron chi connectivity index (χ2n) is 4.48. The number of hydrogen-bond donors (Lipinski definition) is 1. The summed E-state index contributed by atoms with van der Waals surface area (Å²) in [4.78, 5) is 0. The van der Waals surface area contributed by atoms with Crippen molar-refractivity contribution < 1.29 is 17.9 Å². The lowest BCUT2D eigenvalue weighted by molar-refractivity contribution is -0.137. The van der Waals surface area contributed by atoms with Crippen molar-refractivity contribution in [1.82, 2.24) is 0 Å².